The van der Waals surface area contributed by atoms with Gasteiger partial charge in [-0.05, 0) is 71.3 Å². The van der Waals surface area contributed by atoms with Gasteiger partial charge in [0.1, 0.15) is 12.4 Å². The van der Waals surface area contributed by atoms with E-state index in [1.54, 1.807) is 0 Å². The predicted molar refractivity (Wildman–Crippen MR) is 113 cm³/mol. The molecule has 0 aliphatic heterocycles. The molecule has 28 heavy (non-hydrogen) atoms. The largest absolute Gasteiger partial charge is 0.487 e. The van der Waals surface area contributed by atoms with E-state index in [0.717, 1.165) is 42.0 Å². The third kappa shape index (κ3) is 5.16. The van der Waals surface area contributed by atoms with Crippen molar-refractivity contribution in [3.05, 3.63) is 46.0 Å². The molecule has 0 spiro atoms. The van der Waals surface area contributed by atoms with Crippen molar-refractivity contribution >= 4 is 21.9 Å². The van der Waals surface area contributed by atoms with Crippen LogP contribution in [0, 0.1) is 0 Å². The van der Waals surface area contributed by atoms with Gasteiger partial charge in [-0.3, -0.25) is 4.79 Å². The summed E-state index contributed by atoms with van der Waals surface area (Å²) >= 11 is 3.53. The number of unbranched alkanes of at least 4 members (excludes halogenated alkanes) is 2. The standard InChI is InChI=1S/C22H29BrN2O3/c1-3-5-6-11-25-18(14-24-22(25)23)15-28-19-9-10-20-16(12-19)7-8-17(20)13-21(26)27-4-2/h9-10,12,14,17H,3-8,11,13,15H2,1-2H3/t17-/m0/s1. The molecule has 2 aromatic rings. The Balaban J connectivity index is 1.61. The fourth-order valence-corrected chi connectivity index (χ4v) is 4.33. The molecule has 0 bridgehead atoms. The van der Waals surface area contributed by atoms with Crippen molar-refractivity contribution in [1.29, 1.82) is 0 Å². The zero-order valence-electron chi connectivity index (χ0n) is 16.7. The second-order valence-electron chi connectivity index (χ2n) is 7.27. The number of imidazole rings is 1. The van der Waals surface area contributed by atoms with Gasteiger partial charge in [0.25, 0.3) is 0 Å². The van der Waals surface area contributed by atoms with Crippen LogP contribution in [-0.4, -0.2) is 22.1 Å². The Kier molecular flexibility index (Phi) is 7.54. The van der Waals surface area contributed by atoms with Crippen LogP contribution in [0.4, 0.5) is 0 Å². The van der Waals surface area contributed by atoms with Crippen molar-refractivity contribution in [2.75, 3.05) is 6.61 Å². The fourth-order valence-electron chi connectivity index (χ4n) is 3.82. The van der Waals surface area contributed by atoms with Crippen LogP contribution < -0.4 is 4.74 Å². The number of aryl methyl sites for hydroxylation is 1. The number of halogens is 1. The van der Waals surface area contributed by atoms with Gasteiger partial charge in [-0.1, -0.05) is 25.8 Å². The van der Waals surface area contributed by atoms with E-state index in [0.29, 0.717) is 19.6 Å². The van der Waals surface area contributed by atoms with Crippen LogP contribution in [-0.2, 0) is 29.1 Å². The number of fused-ring (bicyclic) bond motifs is 1. The number of hydrogen-bond donors (Lipinski definition) is 0. The maximum Gasteiger partial charge on any atom is 0.306 e. The van der Waals surface area contributed by atoms with Gasteiger partial charge in [-0.25, -0.2) is 4.98 Å². The smallest absolute Gasteiger partial charge is 0.306 e. The molecule has 0 N–H and O–H groups in total. The van der Waals surface area contributed by atoms with E-state index in [1.165, 1.54) is 24.0 Å². The molecule has 3 rings (SSSR count). The zero-order valence-corrected chi connectivity index (χ0v) is 18.3. The van der Waals surface area contributed by atoms with Gasteiger partial charge in [0.15, 0.2) is 4.73 Å². The number of carbonyl (C=O) groups excluding carboxylic acids is 1. The molecule has 1 aliphatic carbocycles. The molecule has 0 unspecified atom stereocenters. The SMILES string of the molecule is CCCCCn1c(COc2ccc3c(c2)CC[C@H]3CC(=O)OCC)cnc1Br. The average molecular weight is 449 g/mol. The van der Waals surface area contributed by atoms with Crippen LogP contribution in [0.5, 0.6) is 5.75 Å². The van der Waals surface area contributed by atoms with Gasteiger partial charge in [0, 0.05) is 6.54 Å². The summed E-state index contributed by atoms with van der Waals surface area (Å²) in [6.45, 7) is 5.94. The molecule has 1 heterocycles. The van der Waals surface area contributed by atoms with E-state index in [2.05, 4.69) is 44.5 Å². The Morgan fingerprint density at radius 2 is 2.18 bits per heavy atom. The molecule has 5 nitrogen and oxygen atoms in total. The lowest BCUT2D eigenvalue weighted by Crippen LogP contribution is -2.08. The molecule has 6 heteroatoms. The Morgan fingerprint density at radius 3 is 2.96 bits per heavy atom. The van der Waals surface area contributed by atoms with Crippen LogP contribution in [0.3, 0.4) is 0 Å². The van der Waals surface area contributed by atoms with Gasteiger partial charge >= 0.3 is 5.97 Å². The number of nitrogens with zero attached hydrogens (tertiary/aromatic N) is 2. The van der Waals surface area contributed by atoms with Crippen molar-refractivity contribution in [1.82, 2.24) is 9.55 Å². The number of hydrogen-bond acceptors (Lipinski definition) is 4. The van der Waals surface area contributed by atoms with Gasteiger partial charge in [0.2, 0.25) is 0 Å². The lowest BCUT2D eigenvalue weighted by Gasteiger charge is -2.13. The van der Waals surface area contributed by atoms with Crippen LogP contribution in [0.15, 0.2) is 29.1 Å². The van der Waals surface area contributed by atoms with Gasteiger partial charge in [-0.15, -0.1) is 0 Å². The minimum Gasteiger partial charge on any atom is -0.487 e. The highest BCUT2D eigenvalue weighted by molar-refractivity contribution is 9.10. The third-order valence-electron chi connectivity index (χ3n) is 5.30. The van der Waals surface area contributed by atoms with Crippen LogP contribution in [0.1, 0.15) is 68.7 Å². The molecule has 0 radical (unpaired) electrons. The Bertz CT molecular complexity index is 803. The quantitative estimate of drug-likeness (QED) is 0.360. The minimum atomic E-state index is -0.109. The van der Waals surface area contributed by atoms with Crippen molar-refractivity contribution in [3.8, 4) is 5.75 Å². The number of esters is 1. The van der Waals surface area contributed by atoms with E-state index in [1.807, 2.05) is 19.2 Å². The molecule has 0 amide bonds. The molecule has 0 fully saturated rings. The molecule has 1 atom stereocenters. The average Bonchev–Trinajstić information content (AvgIpc) is 3.24. The predicted octanol–water partition coefficient (Wildman–Crippen LogP) is 5.40. The summed E-state index contributed by atoms with van der Waals surface area (Å²) in [6.07, 6.45) is 7.86. The molecular formula is C22H29BrN2O3. The van der Waals surface area contributed by atoms with E-state index in [9.17, 15) is 4.79 Å². The minimum absolute atomic E-state index is 0.109. The maximum absolute atomic E-state index is 11.8. The first-order valence-electron chi connectivity index (χ1n) is 10.2. The summed E-state index contributed by atoms with van der Waals surface area (Å²) in [5, 5.41) is 0. The van der Waals surface area contributed by atoms with Gasteiger partial charge in [-0.2, -0.15) is 0 Å². The van der Waals surface area contributed by atoms with E-state index < -0.39 is 0 Å². The summed E-state index contributed by atoms with van der Waals surface area (Å²) in [5.74, 6) is 1.02. The second kappa shape index (κ2) is 10.1. The topological polar surface area (TPSA) is 53.4 Å². The van der Waals surface area contributed by atoms with Crippen LogP contribution in [0.2, 0.25) is 0 Å². The lowest BCUT2D eigenvalue weighted by molar-refractivity contribution is -0.143. The number of ether oxygens (including phenoxy) is 2. The monoisotopic (exact) mass is 448 g/mol. The summed E-state index contributed by atoms with van der Waals surface area (Å²) < 4.78 is 14.2. The molecule has 1 aromatic heterocycles. The van der Waals surface area contributed by atoms with Gasteiger partial charge in [0.05, 0.1) is 24.9 Å². The maximum atomic E-state index is 11.8. The first-order valence-corrected chi connectivity index (χ1v) is 11.0. The Labute approximate surface area is 175 Å². The molecular weight excluding hydrogens is 420 g/mol. The highest BCUT2D eigenvalue weighted by atomic mass is 79.9. The third-order valence-corrected chi connectivity index (χ3v) is 5.93. The van der Waals surface area contributed by atoms with E-state index in [-0.39, 0.29) is 11.9 Å². The van der Waals surface area contributed by atoms with Crippen molar-refractivity contribution in [2.24, 2.45) is 0 Å². The van der Waals surface area contributed by atoms with E-state index >= 15 is 0 Å². The Morgan fingerprint density at radius 1 is 1.32 bits per heavy atom. The molecule has 1 aliphatic rings. The fraction of sp³-hybridized carbons (Fsp3) is 0.545. The molecule has 152 valence electrons. The summed E-state index contributed by atoms with van der Waals surface area (Å²) in [7, 11) is 0. The number of carbonyl (C=O) groups is 1. The molecule has 1 aromatic carbocycles. The number of aromatic nitrogens is 2. The van der Waals surface area contributed by atoms with Crippen LogP contribution in [0.25, 0.3) is 0 Å². The first kappa shape index (κ1) is 20.9. The number of benzene rings is 1. The molecule has 0 saturated carbocycles. The zero-order chi connectivity index (χ0) is 19.9. The molecule has 0 saturated heterocycles. The van der Waals surface area contributed by atoms with Crippen molar-refractivity contribution < 1.29 is 14.3 Å². The summed E-state index contributed by atoms with van der Waals surface area (Å²) in [5.41, 5.74) is 3.61. The Hall–Kier alpha value is -1.82. The van der Waals surface area contributed by atoms with Gasteiger partial charge < -0.3 is 14.0 Å². The highest BCUT2D eigenvalue weighted by Gasteiger charge is 2.25. The number of rotatable bonds is 10. The summed E-state index contributed by atoms with van der Waals surface area (Å²) in [4.78, 5) is 16.2. The van der Waals surface area contributed by atoms with Crippen LogP contribution >= 0.6 is 15.9 Å². The lowest BCUT2D eigenvalue weighted by atomic mass is 9.98. The van der Waals surface area contributed by atoms with Crippen molar-refractivity contribution in [2.45, 2.75) is 71.4 Å². The second-order valence-corrected chi connectivity index (χ2v) is 7.98. The normalized spacial score (nSPS) is 15.5. The van der Waals surface area contributed by atoms with Crippen molar-refractivity contribution in [3.63, 3.8) is 0 Å². The summed E-state index contributed by atoms with van der Waals surface area (Å²) in [6, 6.07) is 6.23. The first-order chi connectivity index (χ1) is 13.6. The highest BCUT2D eigenvalue weighted by Crippen LogP contribution is 2.37. The van der Waals surface area contributed by atoms with E-state index in [4.69, 9.17) is 9.47 Å².